The molecule has 0 amide bonds. The summed E-state index contributed by atoms with van der Waals surface area (Å²) in [6.07, 6.45) is 3.64. The van der Waals surface area contributed by atoms with Crippen molar-refractivity contribution in [1.82, 2.24) is 0 Å². The molecule has 0 spiro atoms. The molecule has 0 bridgehead atoms. The maximum Gasteiger partial charge on any atom is 0.175 e. The highest BCUT2D eigenvalue weighted by Gasteiger charge is 2.15. The summed E-state index contributed by atoms with van der Waals surface area (Å²) in [7, 11) is -3.13. The zero-order chi connectivity index (χ0) is 13.2. The van der Waals surface area contributed by atoms with Crippen molar-refractivity contribution in [1.29, 1.82) is 0 Å². The van der Waals surface area contributed by atoms with Crippen LogP contribution in [-0.2, 0) is 9.84 Å². The second-order valence-corrected chi connectivity index (χ2v) is 7.97. The second kappa shape index (κ2) is 5.53. The van der Waals surface area contributed by atoms with Crippen molar-refractivity contribution in [2.75, 3.05) is 23.1 Å². The van der Waals surface area contributed by atoms with Gasteiger partial charge in [-0.25, -0.2) is 8.42 Å². The molecule has 0 aromatic heterocycles. The summed E-state index contributed by atoms with van der Waals surface area (Å²) in [6.45, 7) is 2.00. The van der Waals surface area contributed by atoms with Crippen molar-refractivity contribution in [3.8, 4) is 0 Å². The molecule has 1 saturated heterocycles. The normalized spacial score (nSPS) is 20.7. The van der Waals surface area contributed by atoms with Gasteiger partial charge < -0.3 is 5.32 Å². The Kier molecular flexibility index (Phi) is 4.22. The molecule has 18 heavy (non-hydrogen) atoms. The number of hydrogen-bond donors (Lipinski definition) is 1. The Bertz CT molecular complexity index is 520. The minimum Gasteiger partial charge on any atom is -0.381 e. The summed E-state index contributed by atoms with van der Waals surface area (Å²) >= 11 is 1.96. The molecule has 1 heterocycles. The lowest BCUT2D eigenvalue weighted by molar-refractivity contribution is 0.602. The smallest absolute Gasteiger partial charge is 0.175 e. The average Bonchev–Trinajstić information content (AvgIpc) is 2.32. The van der Waals surface area contributed by atoms with Crippen molar-refractivity contribution >= 4 is 27.3 Å². The van der Waals surface area contributed by atoms with E-state index < -0.39 is 9.84 Å². The van der Waals surface area contributed by atoms with Crippen molar-refractivity contribution < 1.29 is 8.42 Å². The van der Waals surface area contributed by atoms with Crippen LogP contribution in [0.2, 0.25) is 0 Å². The quantitative estimate of drug-likeness (QED) is 0.927. The monoisotopic (exact) mass is 285 g/mol. The highest BCUT2D eigenvalue weighted by atomic mass is 32.2. The second-order valence-electron chi connectivity index (χ2n) is 4.81. The lowest BCUT2D eigenvalue weighted by Gasteiger charge is -2.24. The molecule has 1 unspecified atom stereocenters. The molecule has 1 aromatic rings. The molecule has 1 N–H and O–H groups in total. The fraction of sp³-hybridized carbons (Fsp3) is 0.538. The Hall–Kier alpha value is -0.680. The number of anilines is 1. The first-order valence-corrected chi connectivity index (χ1v) is 9.16. The van der Waals surface area contributed by atoms with Crippen LogP contribution in [0.1, 0.15) is 18.4 Å². The molecule has 0 aliphatic carbocycles. The molecular weight excluding hydrogens is 266 g/mol. The van der Waals surface area contributed by atoms with Crippen LogP contribution in [0.15, 0.2) is 23.1 Å². The van der Waals surface area contributed by atoms with Crippen molar-refractivity contribution in [2.24, 2.45) is 0 Å². The summed E-state index contributed by atoms with van der Waals surface area (Å²) in [5.74, 6) is 2.34. The van der Waals surface area contributed by atoms with E-state index in [-0.39, 0.29) is 0 Å². The van der Waals surface area contributed by atoms with E-state index in [0.29, 0.717) is 10.9 Å². The first kappa shape index (κ1) is 13.7. The third-order valence-electron chi connectivity index (χ3n) is 3.16. The molecule has 1 aliphatic rings. The van der Waals surface area contributed by atoms with Gasteiger partial charge in [0.25, 0.3) is 0 Å². The molecule has 1 atom stereocenters. The van der Waals surface area contributed by atoms with Gasteiger partial charge in [-0.1, -0.05) is 6.07 Å². The van der Waals surface area contributed by atoms with E-state index in [9.17, 15) is 8.42 Å². The van der Waals surface area contributed by atoms with Gasteiger partial charge in [0, 0.05) is 23.7 Å². The van der Waals surface area contributed by atoms with Crippen molar-refractivity contribution in [2.45, 2.75) is 30.7 Å². The third-order valence-corrected chi connectivity index (χ3v) is 5.48. The van der Waals surface area contributed by atoms with Gasteiger partial charge >= 0.3 is 0 Å². The molecule has 3 nitrogen and oxygen atoms in total. The number of aryl methyl sites for hydroxylation is 1. The van der Waals surface area contributed by atoms with Gasteiger partial charge in [0.2, 0.25) is 0 Å². The topological polar surface area (TPSA) is 46.2 Å². The standard InChI is InChI=1S/C13H19NO2S2/c1-10-5-6-12(18(2,15)16)8-13(10)14-11-4-3-7-17-9-11/h5-6,8,11,14H,3-4,7,9H2,1-2H3. The lowest BCUT2D eigenvalue weighted by atomic mass is 10.1. The van der Waals surface area contributed by atoms with Gasteiger partial charge in [-0.3, -0.25) is 0 Å². The molecule has 1 aromatic carbocycles. The Morgan fingerprint density at radius 3 is 2.78 bits per heavy atom. The van der Waals surface area contributed by atoms with Gasteiger partial charge in [0.05, 0.1) is 4.90 Å². The van der Waals surface area contributed by atoms with E-state index >= 15 is 0 Å². The SMILES string of the molecule is Cc1ccc(S(C)(=O)=O)cc1NC1CCCSC1. The van der Waals surface area contributed by atoms with Gasteiger partial charge in [0.1, 0.15) is 0 Å². The van der Waals surface area contributed by atoms with Gasteiger partial charge in [-0.15, -0.1) is 0 Å². The fourth-order valence-corrected chi connectivity index (χ4v) is 3.78. The van der Waals surface area contributed by atoms with Crippen LogP contribution in [0.4, 0.5) is 5.69 Å². The first-order chi connectivity index (χ1) is 8.47. The summed E-state index contributed by atoms with van der Waals surface area (Å²) < 4.78 is 23.1. The number of benzene rings is 1. The summed E-state index contributed by atoms with van der Waals surface area (Å²) in [5.41, 5.74) is 2.04. The van der Waals surface area contributed by atoms with E-state index in [1.165, 1.54) is 18.4 Å². The van der Waals surface area contributed by atoms with Crippen LogP contribution in [0, 0.1) is 6.92 Å². The molecule has 1 aliphatic heterocycles. The molecule has 5 heteroatoms. The molecule has 0 saturated carbocycles. The average molecular weight is 285 g/mol. The zero-order valence-corrected chi connectivity index (χ0v) is 12.4. The van der Waals surface area contributed by atoms with Crippen LogP contribution in [-0.4, -0.2) is 32.2 Å². The minimum absolute atomic E-state index is 0.388. The van der Waals surface area contributed by atoms with E-state index in [1.54, 1.807) is 12.1 Å². The Labute approximate surface area is 113 Å². The number of thioether (sulfide) groups is 1. The van der Waals surface area contributed by atoms with E-state index in [0.717, 1.165) is 23.4 Å². The number of rotatable bonds is 3. The first-order valence-electron chi connectivity index (χ1n) is 6.12. The predicted molar refractivity (Wildman–Crippen MR) is 78.3 cm³/mol. The molecule has 100 valence electrons. The number of hydrogen-bond acceptors (Lipinski definition) is 4. The zero-order valence-electron chi connectivity index (χ0n) is 10.8. The Morgan fingerprint density at radius 1 is 1.39 bits per heavy atom. The van der Waals surface area contributed by atoms with E-state index in [1.807, 2.05) is 24.8 Å². The van der Waals surface area contributed by atoms with Crippen molar-refractivity contribution in [3.05, 3.63) is 23.8 Å². The summed E-state index contributed by atoms with van der Waals surface area (Å²) in [6, 6.07) is 5.75. The lowest BCUT2D eigenvalue weighted by Crippen LogP contribution is -2.26. The van der Waals surface area contributed by atoms with Crippen LogP contribution in [0.3, 0.4) is 0 Å². The summed E-state index contributed by atoms with van der Waals surface area (Å²) in [4.78, 5) is 0.388. The molecular formula is C13H19NO2S2. The fourth-order valence-electron chi connectivity index (χ4n) is 2.06. The highest BCUT2D eigenvalue weighted by Crippen LogP contribution is 2.25. The summed E-state index contributed by atoms with van der Waals surface area (Å²) in [5, 5.41) is 3.48. The maximum atomic E-state index is 11.6. The molecule has 1 fully saturated rings. The van der Waals surface area contributed by atoms with Gasteiger partial charge in [0.15, 0.2) is 9.84 Å². The Morgan fingerprint density at radius 2 is 2.17 bits per heavy atom. The Balaban J connectivity index is 2.21. The molecule has 0 radical (unpaired) electrons. The van der Waals surface area contributed by atoms with Gasteiger partial charge in [-0.2, -0.15) is 11.8 Å². The van der Waals surface area contributed by atoms with E-state index in [4.69, 9.17) is 0 Å². The van der Waals surface area contributed by atoms with Crippen molar-refractivity contribution in [3.63, 3.8) is 0 Å². The van der Waals surface area contributed by atoms with Crippen LogP contribution in [0.25, 0.3) is 0 Å². The van der Waals surface area contributed by atoms with E-state index in [2.05, 4.69) is 5.32 Å². The number of sulfone groups is 1. The minimum atomic E-state index is -3.13. The van der Waals surface area contributed by atoms with Crippen LogP contribution in [0.5, 0.6) is 0 Å². The van der Waals surface area contributed by atoms with Gasteiger partial charge in [-0.05, 0) is 43.2 Å². The largest absolute Gasteiger partial charge is 0.381 e. The number of nitrogens with one attached hydrogen (secondary N) is 1. The third kappa shape index (κ3) is 3.42. The molecule has 2 rings (SSSR count). The maximum absolute atomic E-state index is 11.6. The van der Waals surface area contributed by atoms with Crippen LogP contribution >= 0.6 is 11.8 Å². The predicted octanol–water partition coefficient (Wildman–Crippen LogP) is 2.71. The van der Waals surface area contributed by atoms with Crippen LogP contribution < -0.4 is 5.32 Å². The highest BCUT2D eigenvalue weighted by molar-refractivity contribution is 7.99.